The van der Waals surface area contributed by atoms with Crippen LogP contribution in [0.25, 0.3) is 0 Å². The number of esters is 2. The van der Waals surface area contributed by atoms with Crippen molar-refractivity contribution in [2.24, 2.45) is 0 Å². The van der Waals surface area contributed by atoms with Crippen LogP contribution in [-0.2, 0) is 23.8 Å². The minimum absolute atomic E-state index is 0.0763. The fourth-order valence-electron chi connectivity index (χ4n) is 7.72. The van der Waals surface area contributed by atoms with E-state index in [1.807, 2.05) is 0 Å². The molecular formula is C59H104O5. The lowest BCUT2D eigenvalue weighted by Crippen LogP contribution is -2.30. The van der Waals surface area contributed by atoms with Crippen LogP contribution in [-0.4, -0.2) is 37.9 Å². The van der Waals surface area contributed by atoms with Crippen molar-refractivity contribution in [3.63, 3.8) is 0 Å². The second-order valence-electron chi connectivity index (χ2n) is 18.1. The minimum Gasteiger partial charge on any atom is -0.462 e. The van der Waals surface area contributed by atoms with Gasteiger partial charge in [0.05, 0.1) is 6.61 Å². The Morgan fingerprint density at radius 1 is 0.359 bits per heavy atom. The number of carbonyl (C=O) groups excluding carboxylic acids is 2. The van der Waals surface area contributed by atoms with Crippen molar-refractivity contribution in [3.05, 3.63) is 72.9 Å². The Kier molecular flexibility index (Phi) is 52.4. The zero-order valence-electron chi connectivity index (χ0n) is 42.5. The van der Waals surface area contributed by atoms with Crippen molar-refractivity contribution in [2.75, 3.05) is 19.8 Å². The zero-order valence-corrected chi connectivity index (χ0v) is 42.5. The molecule has 5 heteroatoms. The summed E-state index contributed by atoms with van der Waals surface area (Å²) in [5, 5.41) is 0. The number of unbranched alkanes of at least 4 members (excludes halogenated alkanes) is 27. The fraction of sp³-hybridized carbons (Fsp3) is 0.763. The molecule has 0 aliphatic heterocycles. The van der Waals surface area contributed by atoms with E-state index in [-0.39, 0.29) is 25.2 Å². The van der Waals surface area contributed by atoms with Crippen LogP contribution in [0.3, 0.4) is 0 Å². The smallest absolute Gasteiger partial charge is 0.306 e. The third-order valence-electron chi connectivity index (χ3n) is 11.7. The number of ether oxygens (including phenoxy) is 3. The van der Waals surface area contributed by atoms with E-state index < -0.39 is 6.10 Å². The summed E-state index contributed by atoms with van der Waals surface area (Å²) in [5.41, 5.74) is 0. The van der Waals surface area contributed by atoms with E-state index in [2.05, 4.69) is 93.7 Å². The maximum atomic E-state index is 12.8. The highest BCUT2D eigenvalue weighted by Gasteiger charge is 2.17. The largest absolute Gasteiger partial charge is 0.462 e. The number of rotatable bonds is 50. The third kappa shape index (κ3) is 52.0. The molecule has 0 radical (unpaired) electrons. The molecule has 64 heavy (non-hydrogen) atoms. The van der Waals surface area contributed by atoms with Crippen molar-refractivity contribution >= 4 is 11.9 Å². The van der Waals surface area contributed by atoms with Gasteiger partial charge in [0, 0.05) is 19.4 Å². The SMILES string of the molecule is CC/C=C\C/C=C\C/C=C\CCCCCCCCCC(=O)OCC(COCCCCCCCCCCCCCCCC)OC(=O)CCCCCCCCC/C=C\C/C=C\C/C=C\CC. The quantitative estimate of drug-likeness (QED) is 0.0346. The van der Waals surface area contributed by atoms with Gasteiger partial charge in [-0.3, -0.25) is 9.59 Å². The van der Waals surface area contributed by atoms with Crippen LogP contribution >= 0.6 is 0 Å². The molecule has 0 aliphatic rings. The average molecular weight is 893 g/mol. The highest BCUT2D eigenvalue weighted by atomic mass is 16.6. The van der Waals surface area contributed by atoms with Gasteiger partial charge in [-0.1, -0.05) is 241 Å². The molecule has 0 bridgehead atoms. The van der Waals surface area contributed by atoms with Gasteiger partial charge in [0.2, 0.25) is 0 Å². The lowest BCUT2D eigenvalue weighted by atomic mass is 10.0. The molecule has 0 saturated carbocycles. The monoisotopic (exact) mass is 893 g/mol. The Morgan fingerprint density at radius 3 is 1.12 bits per heavy atom. The molecule has 0 saturated heterocycles. The molecule has 370 valence electrons. The first-order chi connectivity index (χ1) is 31.6. The highest BCUT2D eigenvalue weighted by Crippen LogP contribution is 2.15. The molecule has 0 aromatic heterocycles. The molecule has 5 nitrogen and oxygen atoms in total. The summed E-state index contributed by atoms with van der Waals surface area (Å²) < 4.78 is 17.4. The predicted molar refractivity (Wildman–Crippen MR) is 279 cm³/mol. The van der Waals surface area contributed by atoms with E-state index in [1.54, 1.807) is 0 Å². The first-order valence-corrected chi connectivity index (χ1v) is 27.5. The predicted octanol–water partition coefficient (Wildman–Crippen LogP) is 18.7. The second-order valence-corrected chi connectivity index (χ2v) is 18.1. The molecule has 0 fully saturated rings. The molecule has 0 heterocycles. The van der Waals surface area contributed by atoms with Gasteiger partial charge in [0.1, 0.15) is 6.61 Å². The summed E-state index contributed by atoms with van der Waals surface area (Å²) in [4.78, 5) is 25.5. The Bertz CT molecular complexity index is 1150. The molecule has 1 unspecified atom stereocenters. The Labute approximate surface area is 397 Å². The summed E-state index contributed by atoms with van der Waals surface area (Å²) in [6.45, 7) is 7.62. The lowest BCUT2D eigenvalue weighted by Gasteiger charge is -2.18. The number of allylic oxidation sites excluding steroid dienone is 12. The van der Waals surface area contributed by atoms with Gasteiger partial charge < -0.3 is 14.2 Å². The fourth-order valence-corrected chi connectivity index (χ4v) is 7.72. The molecule has 0 spiro atoms. The maximum Gasteiger partial charge on any atom is 0.306 e. The number of carbonyl (C=O) groups is 2. The van der Waals surface area contributed by atoms with Crippen LogP contribution in [0.4, 0.5) is 0 Å². The van der Waals surface area contributed by atoms with Crippen LogP contribution in [0.2, 0.25) is 0 Å². The Hall–Kier alpha value is -2.66. The van der Waals surface area contributed by atoms with Gasteiger partial charge in [0.25, 0.3) is 0 Å². The van der Waals surface area contributed by atoms with Crippen molar-refractivity contribution in [3.8, 4) is 0 Å². The van der Waals surface area contributed by atoms with Crippen LogP contribution in [0, 0.1) is 0 Å². The van der Waals surface area contributed by atoms with Gasteiger partial charge >= 0.3 is 11.9 Å². The van der Waals surface area contributed by atoms with Crippen molar-refractivity contribution in [2.45, 2.75) is 271 Å². The van der Waals surface area contributed by atoms with E-state index in [1.165, 1.54) is 128 Å². The first-order valence-electron chi connectivity index (χ1n) is 27.5. The van der Waals surface area contributed by atoms with Crippen LogP contribution in [0.5, 0.6) is 0 Å². The molecule has 0 aromatic carbocycles. The molecule has 1 atom stereocenters. The zero-order chi connectivity index (χ0) is 46.3. The van der Waals surface area contributed by atoms with E-state index in [0.717, 1.165) is 103 Å². The van der Waals surface area contributed by atoms with Crippen molar-refractivity contribution in [1.82, 2.24) is 0 Å². The summed E-state index contributed by atoms with van der Waals surface area (Å²) in [5.74, 6) is -0.411. The van der Waals surface area contributed by atoms with Crippen molar-refractivity contribution in [1.29, 1.82) is 0 Å². The number of hydrogen-bond donors (Lipinski definition) is 0. The van der Waals surface area contributed by atoms with E-state index >= 15 is 0 Å². The standard InChI is InChI=1S/C59H104O5/c1-4-7-10-13-16-19-22-25-28-30-32-34-37-40-43-46-49-52-58(60)63-56-57(55-62-54-51-48-45-42-39-36-27-24-21-18-15-12-9-6-3)64-59(61)53-50-47-44-41-38-35-33-31-29-26-23-20-17-14-11-8-5-2/h7-8,10-11,16-17,19-20,25-26,28-29,57H,4-6,9,12-15,18,21-24,27,30-56H2,1-3H3/b10-7-,11-8-,19-16-,20-17-,28-25-,29-26-. The normalized spacial score (nSPS) is 12.7. The summed E-state index contributed by atoms with van der Waals surface area (Å²) in [7, 11) is 0. The molecule has 0 aromatic rings. The van der Waals surface area contributed by atoms with Gasteiger partial charge in [0.15, 0.2) is 6.10 Å². The van der Waals surface area contributed by atoms with Crippen LogP contribution in [0.1, 0.15) is 265 Å². The third-order valence-corrected chi connectivity index (χ3v) is 11.7. The number of hydrogen-bond acceptors (Lipinski definition) is 5. The van der Waals surface area contributed by atoms with Crippen LogP contribution < -0.4 is 0 Å². The summed E-state index contributed by atoms with van der Waals surface area (Å²) in [6.07, 6.45) is 70.5. The van der Waals surface area contributed by atoms with Gasteiger partial charge in [-0.2, -0.15) is 0 Å². The van der Waals surface area contributed by atoms with Crippen molar-refractivity contribution < 1.29 is 23.8 Å². The van der Waals surface area contributed by atoms with Gasteiger partial charge in [-0.15, -0.1) is 0 Å². The van der Waals surface area contributed by atoms with E-state index in [9.17, 15) is 9.59 Å². The van der Waals surface area contributed by atoms with E-state index in [4.69, 9.17) is 14.2 Å². The second kappa shape index (κ2) is 54.7. The lowest BCUT2D eigenvalue weighted by molar-refractivity contribution is -0.163. The molecule has 0 aliphatic carbocycles. The molecule has 0 N–H and O–H groups in total. The van der Waals surface area contributed by atoms with Gasteiger partial charge in [-0.05, 0) is 83.5 Å². The average Bonchev–Trinajstić information content (AvgIpc) is 3.30. The Balaban J connectivity index is 4.29. The summed E-state index contributed by atoms with van der Waals surface area (Å²) >= 11 is 0. The highest BCUT2D eigenvalue weighted by molar-refractivity contribution is 5.70. The maximum absolute atomic E-state index is 12.8. The topological polar surface area (TPSA) is 61.8 Å². The van der Waals surface area contributed by atoms with E-state index in [0.29, 0.717) is 19.4 Å². The Morgan fingerprint density at radius 2 is 0.703 bits per heavy atom. The molecule has 0 amide bonds. The van der Waals surface area contributed by atoms with Crippen LogP contribution in [0.15, 0.2) is 72.9 Å². The molecule has 0 rings (SSSR count). The molecular weight excluding hydrogens is 789 g/mol. The van der Waals surface area contributed by atoms with Gasteiger partial charge in [-0.25, -0.2) is 0 Å². The minimum atomic E-state index is -0.546. The first kappa shape index (κ1) is 61.3. The summed E-state index contributed by atoms with van der Waals surface area (Å²) in [6, 6.07) is 0.